The molecule has 2 N–H and O–H groups in total. The smallest absolute Gasteiger partial charge is 0.272 e. The third kappa shape index (κ3) is 4.97. The van der Waals surface area contributed by atoms with Gasteiger partial charge in [-0.3, -0.25) is 9.59 Å². The predicted molar refractivity (Wildman–Crippen MR) is 121 cm³/mol. The Kier molecular flexibility index (Phi) is 6.68. The summed E-state index contributed by atoms with van der Waals surface area (Å²) >= 11 is 1.73. The molecule has 0 bridgehead atoms. The fourth-order valence-electron chi connectivity index (χ4n) is 3.80. The van der Waals surface area contributed by atoms with E-state index >= 15 is 0 Å². The molecule has 1 aromatic carbocycles. The number of hydrogen-bond acceptors (Lipinski definition) is 5. The molecule has 0 radical (unpaired) electrons. The van der Waals surface area contributed by atoms with Gasteiger partial charge in [0.05, 0.1) is 0 Å². The zero-order valence-electron chi connectivity index (χ0n) is 17.2. The van der Waals surface area contributed by atoms with Gasteiger partial charge in [0, 0.05) is 55.1 Å². The van der Waals surface area contributed by atoms with Crippen molar-refractivity contribution in [1.82, 2.24) is 14.2 Å². The van der Waals surface area contributed by atoms with Gasteiger partial charge >= 0.3 is 0 Å². The minimum atomic E-state index is -3.62. The van der Waals surface area contributed by atoms with Crippen LogP contribution in [0.1, 0.15) is 40.1 Å². The van der Waals surface area contributed by atoms with Crippen molar-refractivity contribution < 1.29 is 18.0 Å². The van der Waals surface area contributed by atoms with Crippen molar-refractivity contribution in [3.8, 4) is 0 Å². The van der Waals surface area contributed by atoms with Gasteiger partial charge in [0.15, 0.2) is 0 Å². The minimum Gasteiger partial charge on any atom is -0.356 e. The maximum absolute atomic E-state index is 12.8. The van der Waals surface area contributed by atoms with E-state index in [4.69, 9.17) is 0 Å². The fraction of sp³-hybridized carbons (Fsp3) is 0.429. The normalized spacial score (nSPS) is 18.0. The van der Waals surface area contributed by atoms with Gasteiger partial charge in [-0.2, -0.15) is 16.1 Å². The Morgan fingerprint density at radius 3 is 2.48 bits per heavy atom. The molecular weight excluding hydrogens is 436 g/mol. The van der Waals surface area contributed by atoms with Gasteiger partial charge in [0.1, 0.15) is 10.6 Å². The highest BCUT2D eigenvalue weighted by Crippen LogP contribution is 2.22. The van der Waals surface area contributed by atoms with Crippen LogP contribution in [0.5, 0.6) is 0 Å². The number of sulfonamides is 1. The molecule has 10 heteroatoms. The number of anilines is 1. The van der Waals surface area contributed by atoms with Crippen molar-refractivity contribution in [2.75, 3.05) is 43.0 Å². The van der Waals surface area contributed by atoms with E-state index in [1.54, 1.807) is 36.0 Å². The van der Waals surface area contributed by atoms with Crippen molar-refractivity contribution >= 4 is 39.3 Å². The highest BCUT2D eigenvalue weighted by atomic mass is 32.2. The van der Waals surface area contributed by atoms with Gasteiger partial charge in [0.2, 0.25) is 10.0 Å². The molecule has 0 aliphatic carbocycles. The molecule has 31 heavy (non-hydrogen) atoms. The van der Waals surface area contributed by atoms with Crippen LogP contribution in [0.25, 0.3) is 0 Å². The molecule has 2 amide bonds. The second-order valence-electron chi connectivity index (χ2n) is 7.65. The van der Waals surface area contributed by atoms with Crippen molar-refractivity contribution in [1.29, 1.82) is 0 Å². The molecule has 2 saturated heterocycles. The molecule has 1 aromatic heterocycles. The number of rotatable bonds is 5. The minimum absolute atomic E-state index is 0.0382. The van der Waals surface area contributed by atoms with Crippen molar-refractivity contribution in [2.45, 2.75) is 24.2 Å². The second kappa shape index (κ2) is 9.46. The summed E-state index contributed by atoms with van der Waals surface area (Å²) in [6, 6.07) is 8.18. The zero-order valence-corrected chi connectivity index (χ0v) is 18.8. The molecule has 166 valence electrons. The van der Waals surface area contributed by atoms with E-state index < -0.39 is 15.9 Å². The first-order chi connectivity index (χ1) is 14.9. The molecule has 2 fully saturated rings. The molecule has 0 spiro atoms. The number of nitrogens with one attached hydrogen (secondary N) is 2. The second-order valence-corrected chi connectivity index (χ2v) is 10.8. The Morgan fingerprint density at radius 1 is 1.00 bits per heavy atom. The summed E-state index contributed by atoms with van der Waals surface area (Å²) in [6.07, 6.45) is 4.51. The first-order valence-electron chi connectivity index (χ1n) is 10.4. The molecule has 2 aliphatic heterocycles. The first kappa shape index (κ1) is 21.9. The Balaban J connectivity index is 1.45. The number of aromatic amines is 1. The molecule has 3 heterocycles. The zero-order chi connectivity index (χ0) is 21.8. The molecule has 0 saturated carbocycles. The van der Waals surface area contributed by atoms with Crippen LogP contribution in [-0.2, 0) is 10.0 Å². The first-order valence-corrected chi connectivity index (χ1v) is 13.0. The lowest BCUT2D eigenvalue weighted by Gasteiger charge is -2.26. The Bertz CT molecular complexity index is 1050. The maximum Gasteiger partial charge on any atom is 0.272 e. The number of carbonyl (C=O) groups is 2. The largest absolute Gasteiger partial charge is 0.356 e. The average molecular weight is 463 g/mol. The van der Waals surface area contributed by atoms with Crippen LogP contribution in [0.3, 0.4) is 0 Å². The molecule has 0 unspecified atom stereocenters. The maximum atomic E-state index is 12.8. The highest BCUT2D eigenvalue weighted by molar-refractivity contribution is 7.99. The lowest BCUT2D eigenvalue weighted by atomic mass is 10.1. The Morgan fingerprint density at radius 2 is 1.74 bits per heavy atom. The number of thioether (sulfide) groups is 1. The number of H-pyrrole nitrogens is 1. The lowest BCUT2D eigenvalue weighted by Crippen LogP contribution is -2.37. The van der Waals surface area contributed by atoms with Crippen LogP contribution < -0.4 is 5.32 Å². The van der Waals surface area contributed by atoms with Gasteiger partial charge in [-0.1, -0.05) is 6.07 Å². The summed E-state index contributed by atoms with van der Waals surface area (Å²) in [6.45, 7) is 2.45. The Labute approximate surface area is 186 Å². The molecular formula is C21H26N4O4S2. The topological polar surface area (TPSA) is 103 Å². The fourth-order valence-corrected chi connectivity index (χ4v) is 6.37. The lowest BCUT2D eigenvalue weighted by molar-refractivity contribution is 0.0724. The molecule has 8 nitrogen and oxygen atoms in total. The number of aromatic nitrogens is 1. The van der Waals surface area contributed by atoms with Gasteiger partial charge in [-0.15, -0.1) is 0 Å². The molecule has 0 atom stereocenters. The summed E-state index contributed by atoms with van der Waals surface area (Å²) in [7, 11) is -3.62. The standard InChI is InChI=1S/C21H26N4O4S2/c26-20(19-14-18(15-22-19)31(28,29)25-9-11-30-12-10-25)23-17-6-4-5-16(13-17)21(27)24-7-2-1-3-8-24/h4-6,13-15,22H,1-3,7-12H2,(H,23,26). The molecule has 2 aromatic rings. The summed E-state index contributed by atoms with van der Waals surface area (Å²) in [5, 5.41) is 2.75. The van der Waals surface area contributed by atoms with Gasteiger partial charge < -0.3 is 15.2 Å². The summed E-state index contributed by atoms with van der Waals surface area (Å²) in [4.78, 5) is 30.1. The van der Waals surface area contributed by atoms with Gasteiger partial charge in [-0.05, 0) is 43.5 Å². The monoisotopic (exact) mass is 462 g/mol. The van der Waals surface area contributed by atoms with E-state index in [1.807, 2.05) is 4.90 Å². The third-order valence-corrected chi connectivity index (χ3v) is 8.34. The van der Waals surface area contributed by atoms with E-state index in [0.29, 0.717) is 24.3 Å². The Hall–Kier alpha value is -2.30. The predicted octanol–water partition coefficient (Wildman–Crippen LogP) is 2.63. The number of piperidine rings is 1. The van der Waals surface area contributed by atoms with Crippen LogP contribution >= 0.6 is 11.8 Å². The highest BCUT2D eigenvalue weighted by Gasteiger charge is 2.28. The number of nitrogens with zero attached hydrogens (tertiary/aromatic N) is 2. The number of carbonyl (C=O) groups excluding carboxylic acids is 2. The van der Waals surface area contributed by atoms with E-state index in [0.717, 1.165) is 43.9 Å². The quantitative estimate of drug-likeness (QED) is 0.711. The van der Waals surface area contributed by atoms with Crippen LogP contribution in [-0.4, -0.2) is 72.1 Å². The number of hydrogen-bond donors (Lipinski definition) is 2. The van der Waals surface area contributed by atoms with E-state index in [-0.39, 0.29) is 16.5 Å². The summed E-state index contributed by atoms with van der Waals surface area (Å²) in [5.41, 5.74) is 1.16. The van der Waals surface area contributed by atoms with Crippen LogP contribution in [0.15, 0.2) is 41.4 Å². The number of benzene rings is 1. The van der Waals surface area contributed by atoms with Crippen LogP contribution in [0.2, 0.25) is 0 Å². The van der Waals surface area contributed by atoms with Gasteiger partial charge in [-0.25, -0.2) is 8.42 Å². The van der Waals surface area contributed by atoms with Crippen LogP contribution in [0, 0.1) is 0 Å². The van der Waals surface area contributed by atoms with E-state index in [2.05, 4.69) is 10.3 Å². The number of likely N-dealkylation sites (tertiary alicyclic amines) is 1. The average Bonchev–Trinajstić information content (AvgIpc) is 3.31. The number of amides is 2. The van der Waals surface area contributed by atoms with Gasteiger partial charge in [0.25, 0.3) is 11.8 Å². The van der Waals surface area contributed by atoms with Crippen molar-refractivity contribution in [3.05, 3.63) is 47.8 Å². The summed E-state index contributed by atoms with van der Waals surface area (Å²) < 4.78 is 27.0. The third-order valence-electron chi connectivity index (χ3n) is 5.52. The van der Waals surface area contributed by atoms with Crippen molar-refractivity contribution in [3.63, 3.8) is 0 Å². The SMILES string of the molecule is O=C(Nc1cccc(C(=O)N2CCCCC2)c1)c1cc(S(=O)(=O)N2CCSCC2)c[nH]1. The van der Waals surface area contributed by atoms with Crippen molar-refractivity contribution in [2.24, 2.45) is 0 Å². The molecule has 4 rings (SSSR count). The van der Waals surface area contributed by atoms with Crippen LogP contribution in [0.4, 0.5) is 5.69 Å². The molecule has 2 aliphatic rings. The van der Waals surface area contributed by atoms with E-state index in [1.165, 1.54) is 16.6 Å². The summed E-state index contributed by atoms with van der Waals surface area (Å²) in [5.74, 6) is 1.04. The van der Waals surface area contributed by atoms with E-state index in [9.17, 15) is 18.0 Å².